The Morgan fingerprint density at radius 1 is 1.09 bits per heavy atom. The van der Waals surface area contributed by atoms with Crippen LogP contribution in [0.3, 0.4) is 0 Å². The molecule has 2 aromatic rings. The Kier molecular flexibility index (Phi) is 7.58. The number of hydrogen-bond acceptors (Lipinski definition) is 7. The van der Waals surface area contributed by atoms with E-state index in [1.165, 1.54) is 15.6 Å². The summed E-state index contributed by atoms with van der Waals surface area (Å²) in [7, 11) is -3.44. The zero-order chi connectivity index (χ0) is 23.4. The van der Waals surface area contributed by atoms with Crippen LogP contribution < -0.4 is 14.8 Å². The summed E-state index contributed by atoms with van der Waals surface area (Å²) in [4.78, 5) is 14.9. The number of piperazine rings is 1. The zero-order valence-electron chi connectivity index (χ0n) is 19.0. The van der Waals surface area contributed by atoms with Crippen molar-refractivity contribution in [3.63, 3.8) is 0 Å². The summed E-state index contributed by atoms with van der Waals surface area (Å²) in [6.45, 7) is 7.43. The molecule has 0 saturated carbocycles. The van der Waals surface area contributed by atoms with Gasteiger partial charge in [0.05, 0.1) is 25.8 Å². The van der Waals surface area contributed by atoms with Crippen LogP contribution in [0.2, 0.25) is 0 Å². The van der Waals surface area contributed by atoms with Crippen LogP contribution in [0.5, 0.6) is 11.5 Å². The minimum atomic E-state index is -3.44. The first-order valence-electron chi connectivity index (χ1n) is 11.3. The Morgan fingerprint density at radius 3 is 2.48 bits per heavy atom. The van der Waals surface area contributed by atoms with Crippen molar-refractivity contribution in [1.82, 2.24) is 14.5 Å². The lowest BCUT2D eigenvalue weighted by Gasteiger charge is -2.33. The van der Waals surface area contributed by atoms with Crippen molar-refractivity contribution in [2.45, 2.75) is 30.5 Å². The predicted molar refractivity (Wildman–Crippen MR) is 127 cm³/mol. The third-order valence-corrected chi connectivity index (χ3v) is 9.17. The van der Waals surface area contributed by atoms with Gasteiger partial charge in [0.15, 0.2) is 11.5 Å². The van der Waals surface area contributed by atoms with Crippen LogP contribution >= 0.6 is 11.3 Å². The Morgan fingerprint density at radius 2 is 1.82 bits per heavy atom. The normalized spacial score (nSPS) is 18.6. The highest BCUT2D eigenvalue weighted by Gasteiger charge is 2.30. The molecule has 4 rings (SSSR count). The van der Waals surface area contributed by atoms with Crippen LogP contribution in [0.1, 0.15) is 31.9 Å². The first-order chi connectivity index (χ1) is 15.8. The average molecular weight is 494 g/mol. The van der Waals surface area contributed by atoms with Gasteiger partial charge in [-0.3, -0.25) is 9.69 Å². The molecule has 1 aromatic carbocycles. The molecule has 10 heteroatoms. The largest absolute Gasteiger partial charge is 0.490 e. The zero-order valence-corrected chi connectivity index (χ0v) is 20.7. The van der Waals surface area contributed by atoms with Gasteiger partial charge in [0.1, 0.15) is 4.21 Å². The van der Waals surface area contributed by atoms with Gasteiger partial charge in [-0.25, -0.2) is 8.42 Å². The number of benzene rings is 1. The third-order valence-electron chi connectivity index (χ3n) is 5.90. The van der Waals surface area contributed by atoms with Gasteiger partial charge < -0.3 is 14.8 Å². The molecule has 0 unspecified atom stereocenters. The highest BCUT2D eigenvalue weighted by Crippen LogP contribution is 2.34. The van der Waals surface area contributed by atoms with Crippen LogP contribution in [0.4, 0.5) is 0 Å². The molecule has 1 atom stereocenters. The summed E-state index contributed by atoms with van der Waals surface area (Å²) in [5, 5.41) is 4.92. The molecule has 2 aliphatic heterocycles. The molecular weight excluding hydrogens is 462 g/mol. The second-order valence-electron chi connectivity index (χ2n) is 8.66. The van der Waals surface area contributed by atoms with Crippen LogP contribution in [-0.4, -0.2) is 69.5 Å². The molecule has 0 spiro atoms. The maximum Gasteiger partial charge on any atom is 0.252 e. The molecule has 8 nitrogen and oxygen atoms in total. The molecular formula is C23H31N3O5S2. The molecule has 0 aliphatic carbocycles. The SMILES string of the molecule is CC(C)[C@@H](NC(=O)CN1CCN(S(=O)(=O)c2cccs2)CC1)c1ccc2c(c1)OCCCO2. The molecule has 0 bridgehead atoms. The first kappa shape index (κ1) is 24.0. The molecule has 180 valence electrons. The topological polar surface area (TPSA) is 88.2 Å². The molecule has 1 aromatic heterocycles. The van der Waals surface area contributed by atoms with E-state index in [2.05, 4.69) is 19.2 Å². The van der Waals surface area contributed by atoms with E-state index < -0.39 is 10.0 Å². The number of sulfonamides is 1. The van der Waals surface area contributed by atoms with Gasteiger partial charge in [0.2, 0.25) is 5.91 Å². The number of amides is 1. The van der Waals surface area contributed by atoms with Crippen molar-refractivity contribution in [3.05, 3.63) is 41.3 Å². The summed E-state index contributed by atoms with van der Waals surface area (Å²) in [5.74, 6) is 1.57. The number of nitrogens with one attached hydrogen (secondary N) is 1. The maximum atomic E-state index is 12.9. The average Bonchev–Trinajstić information content (AvgIpc) is 3.24. The Bertz CT molecular complexity index is 1050. The maximum absolute atomic E-state index is 12.9. The van der Waals surface area contributed by atoms with Gasteiger partial charge in [-0.1, -0.05) is 26.0 Å². The monoisotopic (exact) mass is 493 g/mol. The number of fused-ring (bicyclic) bond motifs is 1. The fraction of sp³-hybridized carbons (Fsp3) is 0.522. The van der Waals surface area contributed by atoms with E-state index in [1.807, 2.05) is 23.1 Å². The van der Waals surface area contributed by atoms with Crippen LogP contribution in [0, 0.1) is 5.92 Å². The van der Waals surface area contributed by atoms with Gasteiger partial charge in [0, 0.05) is 32.6 Å². The molecule has 0 radical (unpaired) electrons. The van der Waals surface area contributed by atoms with E-state index in [4.69, 9.17) is 9.47 Å². The fourth-order valence-corrected chi connectivity index (χ4v) is 6.66. The van der Waals surface area contributed by atoms with E-state index in [-0.39, 0.29) is 24.4 Å². The number of hydrogen-bond donors (Lipinski definition) is 1. The highest BCUT2D eigenvalue weighted by molar-refractivity contribution is 7.91. The smallest absolute Gasteiger partial charge is 0.252 e. The number of ether oxygens (including phenoxy) is 2. The van der Waals surface area contributed by atoms with Crippen molar-refractivity contribution >= 4 is 27.3 Å². The summed E-state index contributed by atoms with van der Waals surface area (Å²) >= 11 is 1.23. The fourth-order valence-electron chi connectivity index (χ4n) is 4.10. The lowest BCUT2D eigenvalue weighted by molar-refractivity contribution is -0.123. The number of nitrogens with zero attached hydrogens (tertiary/aromatic N) is 2. The number of rotatable bonds is 7. The molecule has 33 heavy (non-hydrogen) atoms. The summed E-state index contributed by atoms with van der Waals surface area (Å²) in [6, 6.07) is 9.06. The Labute approximate surface area is 199 Å². The quantitative estimate of drug-likeness (QED) is 0.638. The highest BCUT2D eigenvalue weighted by atomic mass is 32.2. The minimum Gasteiger partial charge on any atom is -0.490 e. The standard InChI is InChI=1S/C23H31N3O5S2/c1-17(2)23(18-6-7-19-20(15-18)31-13-4-12-30-19)24-21(27)16-25-8-10-26(11-9-25)33(28,29)22-5-3-14-32-22/h3,5-7,14-15,17,23H,4,8-13,16H2,1-2H3,(H,24,27)/t23-/m1/s1. The van der Waals surface area contributed by atoms with E-state index in [0.29, 0.717) is 49.4 Å². The van der Waals surface area contributed by atoms with Crippen molar-refractivity contribution < 1.29 is 22.7 Å². The van der Waals surface area contributed by atoms with Gasteiger partial charge in [-0.15, -0.1) is 11.3 Å². The summed E-state index contributed by atoms with van der Waals surface area (Å²) < 4.78 is 38.8. The molecule has 1 N–H and O–H groups in total. The van der Waals surface area contributed by atoms with E-state index in [0.717, 1.165) is 17.7 Å². The predicted octanol–water partition coefficient (Wildman–Crippen LogP) is 2.73. The van der Waals surface area contributed by atoms with Crippen molar-refractivity contribution in [2.24, 2.45) is 5.92 Å². The molecule has 2 aliphatic rings. The van der Waals surface area contributed by atoms with Gasteiger partial charge >= 0.3 is 0 Å². The van der Waals surface area contributed by atoms with E-state index >= 15 is 0 Å². The summed E-state index contributed by atoms with van der Waals surface area (Å²) in [5.41, 5.74) is 0.981. The lowest BCUT2D eigenvalue weighted by Crippen LogP contribution is -2.51. The minimum absolute atomic E-state index is 0.0737. The third kappa shape index (κ3) is 5.68. The van der Waals surface area contributed by atoms with E-state index in [1.54, 1.807) is 17.5 Å². The molecule has 1 saturated heterocycles. The van der Waals surface area contributed by atoms with Crippen molar-refractivity contribution in [3.8, 4) is 11.5 Å². The second kappa shape index (κ2) is 10.4. The van der Waals surface area contributed by atoms with Crippen molar-refractivity contribution in [1.29, 1.82) is 0 Å². The Balaban J connectivity index is 1.34. The number of thiophene rings is 1. The van der Waals surface area contributed by atoms with Gasteiger partial charge in [-0.2, -0.15) is 4.31 Å². The number of carbonyl (C=O) groups excluding carboxylic acids is 1. The van der Waals surface area contributed by atoms with Crippen LogP contribution in [-0.2, 0) is 14.8 Å². The molecule has 1 amide bonds. The van der Waals surface area contributed by atoms with Crippen LogP contribution in [0.15, 0.2) is 39.9 Å². The second-order valence-corrected chi connectivity index (χ2v) is 11.8. The van der Waals surface area contributed by atoms with Crippen molar-refractivity contribution in [2.75, 3.05) is 45.9 Å². The Hall–Kier alpha value is -2.14. The van der Waals surface area contributed by atoms with Gasteiger partial charge in [0.25, 0.3) is 10.0 Å². The summed E-state index contributed by atoms with van der Waals surface area (Å²) in [6.07, 6.45) is 0.844. The van der Waals surface area contributed by atoms with Gasteiger partial charge in [-0.05, 0) is 35.1 Å². The number of carbonyl (C=O) groups is 1. The first-order valence-corrected chi connectivity index (χ1v) is 13.6. The lowest BCUT2D eigenvalue weighted by atomic mass is 9.95. The van der Waals surface area contributed by atoms with E-state index in [9.17, 15) is 13.2 Å². The van der Waals surface area contributed by atoms with Crippen LogP contribution in [0.25, 0.3) is 0 Å². The molecule has 1 fully saturated rings. The molecule has 3 heterocycles.